The van der Waals surface area contributed by atoms with E-state index in [2.05, 4.69) is 27.1 Å². The number of rotatable bonds is 4. The first-order chi connectivity index (χ1) is 9.71. The lowest BCUT2D eigenvalue weighted by molar-refractivity contribution is 0.235. The number of nitrogens with zero attached hydrogens (tertiary/aromatic N) is 5. The van der Waals surface area contributed by atoms with E-state index in [0.717, 1.165) is 48.3 Å². The molecule has 0 aliphatic carbocycles. The minimum absolute atomic E-state index is 0.0150. The number of aliphatic hydroxyl groups is 1. The van der Waals surface area contributed by atoms with Crippen molar-refractivity contribution in [2.24, 2.45) is 0 Å². The summed E-state index contributed by atoms with van der Waals surface area (Å²) in [5, 5.41) is 24.3. The van der Waals surface area contributed by atoms with Gasteiger partial charge in [0, 0.05) is 37.3 Å². The van der Waals surface area contributed by atoms with Crippen LogP contribution in [0.4, 0.5) is 0 Å². The molecule has 0 amide bonds. The minimum Gasteiger partial charge on any atom is -0.390 e. The summed E-state index contributed by atoms with van der Waals surface area (Å²) in [5.41, 5.74) is 3.29. The lowest BCUT2D eigenvalue weighted by Gasteiger charge is -2.26. The van der Waals surface area contributed by atoms with Gasteiger partial charge >= 0.3 is 0 Å². The summed E-state index contributed by atoms with van der Waals surface area (Å²) in [6, 6.07) is 0. The first kappa shape index (κ1) is 13.7. The van der Waals surface area contributed by atoms with Crippen molar-refractivity contribution in [1.29, 1.82) is 0 Å². The Morgan fingerprint density at radius 3 is 2.85 bits per heavy atom. The fraction of sp³-hybridized carbons (Fsp3) is 0.615. The van der Waals surface area contributed by atoms with Crippen LogP contribution < -0.4 is 0 Å². The molecule has 3 heterocycles. The number of aromatic nitrogens is 4. The van der Waals surface area contributed by atoms with Gasteiger partial charge in [0.1, 0.15) is 10.0 Å². The van der Waals surface area contributed by atoms with Crippen LogP contribution in [-0.4, -0.2) is 36.5 Å². The van der Waals surface area contributed by atoms with Crippen LogP contribution in [0, 0.1) is 6.92 Å². The van der Waals surface area contributed by atoms with Gasteiger partial charge in [-0.05, 0) is 13.8 Å². The molecule has 0 fully saturated rings. The Balaban J connectivity index is 1.79. The molecule has 0 saturated heterocycles. The van der Waals surface area contributed by atoms with Crippen molar-refractivity contribution in [3.63, 3.8) is 0 Å². The van der Waals surface area contributed by atoms with E-state index in [1.54, 1.807) is 11.3 Å². The zero-order valence-electron chi connectivity index (χ0n) is 11.8. The van der Waals surface area contributed by atoms with E-state index < -0.39 is 0 Å². The molecule has 6 nitrogen and oxygen atoms in total. The van der Waals surface area contributed by atoms with Gasteiger partial charge in [-0.3, -0.25) is 9.58 Å². The first-order valence-electron chi connectivity index (χ1n) is 6.91. The van der Waals surface area contributed by atoms with Gasteiger partial charge in [-0.2, -0.15) is 5.10 Å². The Morgan fingerprint density at radius 1 is 1.35 bits per heavy atom. The van der Waals surface area contributed by atoms with Gasteiger partial charge < -0.3 is 5.11 Å². The van der Waals surface area contributed by atoms with Crippen molar-refractivity contribution in [3.8, 4) is 0 Å². The summed E-state index contributed by atoms with van der Waals surface area (Å²) in [6.45, 7) is 7.60. The van der Waals surface area contributed by atoms with E-state index in [1.165, 1.54) is 11.3 Å². The maximum Gasteiger partial charge on any atom is 0.131 e. The molecule has 0 aromatic carbocycles. The molecule has 1 aliphatic rings. The van der Waals surface area contributed by atoms with Crippen LogP contribution in [-0.2, 0) is 32.7 Å². The Morgan fingerprint density at radius 2 is 2.20 bits per heavy atom. The smallest absolute Gasteiger partial charge is 0.131 e. The van der Waals surface area contributed by atoms with Crippen LogP contribution in [0.1, 0.15) is 33.9 Å². The number of aliphatic hydroxyl groups excluding tert-OH is 1. The van der Waals surface area contributed by atoms with E-state index in [9.17, 15) is 5.11 Å². The highest BCUT2D eigenvalue weighted by molar-refractivity contribution is 7.11. The highest BCUT2D eigenvalue weighted by Gasteiger charge is 2.24. The molecule has 0 radical (unpaired) electrons. The third kappa shape index (κ3) is 2.48. The van der Waals surface area contributed by atoms with E-state index in [4.69, 9.17) is 0 Å². The second-order valence-electron chi connectivity index (χ2n) is 5.02. The number of fused-ring (bicyclic) bond motifs is 1. The zero-order valence-corrected chi connectivity index (χ0v) is 12.7. The average Bonchev–Trinajstić information content (AvgIpc) is 3.02. The quantitative estimate of drug-likeness (QED) is 0.915. The molecule has 0 saturated carbocycles. The normalized spacial score (nSPS) is 15.6. The second kappa shape index (κ2) is 5.59. The number of aryl methyl sites for hydroxylation is 2. The molecule has 1 N–H and O–H groups in total. The molecule has 108 valence electrons. The third-order valence-corrected chi connectivity index (χ3v) is 4.50. The van der Waals surface area contributed by atoms with Crippen molar-refractivity contribution in [1.82, 2.24) is 24.9 Å². The number of hydrogen-bond donors (Lipinski definition) is 1. The predicted octanol–water partition coefficient (Wildman–Crippen LogP) is 1.11. The summed E-state index contributed by atoms with van der Waals surface area (Å²) in [4.78, 5) is 2.35. The summed E-state index contributed by atoms with van der Waals surface area (Å²) in [7, 11) is 0. The van der Waals surface area contributed by atoms with E-state index in [-0.39, 0.29) is 6.61 Å². The van der Waals surface area contributed by atoms with Crippen LogP contribution in [0.5, 0.6) is 0 Å². The Hall–Kier alpha value is -1.31. The monoisotopic (exact) mass is 293 g/mol. The Bertz CT molecular complexity index is 606. The maximum atomic E-state index is 9.47. The van der Waals surface area contributed by atoms with E-state index in [0.29, 0.717) is 0 Å². The van der Waals surface area contributed by atoms with Crippen LogP contribution in [0.25, 0.3) is 0 Å². The SMILES string of the molecule is CCn1nc(CO)c2c1CCN(Cc1nnc(C)s1)C2. The lowest BCUT2D eigenvalue weighted by atomic mass is 10.1. The van der Waals surface area contributed by atoms with Crippen molar-refractivity contribution >= 4 is 11.3 Å². The van der Waals surface area contributed by atoms with Crippen LogP contribution in [0.15, 0.2) is 0 Å². The summed E-state index contributed by atoms with van der Waals surface area (Å²) >= 11 is 1.65. The van der Waals surface area contributed by atoms with Crippen molar-refractivity contribution < 1.29 is 5.11 Å². The number of hydrogen-bond acceptors (Lipinski definition) is 6. The summed E-state index contributed by atoms with van der Waals surface area (Å²) in [6.07, 6.45) is 0.980. The van der Waals surface area contributed by atoms with Gasteiger partial charge in [-0.1, -0.05) is 0 Å². The predicted molar refractivity (Wildman–Crippen MR) is 76.3 cm³/mol. The van der Waals surface area contributed by atoms with Gasteiger partial charge in [0.05, 0.1) is 18.8 Å². The molecular formula is C13H19N5OS. The molecule has 0 bridgehead atoms. The molecular weight excluding hydrogens is 274 g/mol. The van der Waals surface area contributed by atoms with E-state index >= 15 is 0 Å². The molecule has 0 atom stereocenters. The van der Waals surface area contributed by atoms with Gasteiger partial charge in [-0.25, -0.2) is 0 Å². The van der Waals surface area contributed by atoms with Crippen molar-refractivity contribution in [3.05, 3.63) is 27.0 Å². The van der Waals surface area contributed by atoms with Crippen LogP contribution >= 0.6 is 11.3 Å². The molecule has 0 spiro atoms. The summed E-state index contributed by atoms with van der Waals surface area (Å²) in [5.74, 6) is 0. The average molecular weight is 293 g/mol. The minimum atomic E-state index is 0.0150. The topological polar surface area (TPSA) is 67.1 Å². The first-order valence-corrected chi connectivity index (χ1v) is 7.72. The molecule has 2 aromatic heterocycles. The fourth-order valence-corrected chi connectivity index (χ4v) is 3.49. The zero-order chi connectivity index (χ0) is 14.1. The van der Waals surface area contributed by atoms with Crippen molar-refractivity contribution in [2.45, 2.75) is 46.5 Å². The molecule has 20 heavy (non-hydrogen) atoms. The van der Waals surface area contributed by atoms with Gasteiger partial charge in [0.15, 0.2) is 0 Å². The standard InChI is InChI=1S/C13H19N5OS/c1-3-18-12-4-5-17(6-10(12)11(8-19)16-18)7-13-15-14-9(2)20-13/h19H,3-8H2,1-2H3. The highest BCUT2D eigenvalue weighted by Crippen LogP contribution is 2.24. The maximum absolute atomic E-state index is 9.47. The van der Waals surface area contributed by atoms with Crippen LogP contribution in [0.3, 0.4) is 0 Å². The molecule has 0 unspecified atom stereocenters. The second-order valence-corrected chi connectivity index (χ2v) is 6.29. The lowest BCUT2D eigenvalue weighted by Crippen LogP contribution is -2.31. The highest BCUT2D eigenvalue weighted by atomic mass is 32.1. The molecule has 3 rings (SSSR count). The van der Waals surface area contributed by atoms with E-state index in [1.807, 2.05) is 11.6 Å². The van der Waals surface area contributed by atoms with Crippen LogP contribution in [0.2, 0.25) is 0 Å². The fourth-order valence-electron chi connectivity index (χ4n) is 2.73. The molecule has 7 heteroatoms. The molecule has 1 aliphatic heterocycles. The van der Waals surface area contributed by atoms with Gasteiger partial charge in [0.2, 0.25) is 0 Å². The Labute approximate surface area is 122 Å². The molecule has 2 aromatic rings. The van der Waals surface area contributed by atoms with Gasteiger partial charge in [0.25, 0.3) is 0 Å². The summed E-state index contributed by atoms with van der Waals surface area (Å²) < 4.78 is 2.02. The largest absolute Gasteiger partial charge is 0.390 e. The van der Waals surface area contributed by atoms with Gasteiger partial charge in [-0.15, -0.1) is 21.5 Å². The Kier molecular flexibility index (Phi) is 3.82. The van der Waals surface area contributed by atoms with Crippen molar-refractivity contribution in [2.75, 3.05) is 6.54 Å². The third-order valence-electron chi connectivity index (χ3n) is 3.67.